The summed E-state index contributed by atoms with van der Waals surface area (Å²) in [5.74, 6) is -0.103. The summed E-state index contributed by atoms with van der Waals surface area (Å²) in [6.45, 7) is 0. The maximum atomic E-state index is 14.6. The number of amides is 2. The summed E-state index contributed by atoms with van der Waals surface area (Å²) in [5.41, 5.74) is 5.29. The molecular formula is C50H35N3O7. The van der Waals surface area contributed by atoms with E-state index in [-0.39, 0.29) is 28.6 Å². The van der Waals surface area contributed by atoms with Gasteiger partial charge < -0.3 is 23.9 Å². The van der Waals surface area contributed by atoms with E-state index in [1.807, 2.05) is 97.1 Å². The summed E-state index contributed by atoms with van der Waals surface area (Å²) < 4.78 is 24.1. The van der Waals surface area contributed by atoms with Crippen LogP contribution < -0.4 is 28.7 Å². The van der Waals surface area contributed by atoms with Gasteiger partial charge >= 0.3 is 12.2 Å². The normalized spacial score (nSPS) is 12.4. The van der Waals surface area contributed by atoms with Gasteiger partial charge in [0.25, 0.3) is 0 Å². The number of nitrogens with one attached hydrogen (secondary N) is 1. The van der Waals surface area contributed by atoms with Crippen LogP contribution in [0.2, 0.25) is 0 Å². The molecule has 0 aliphatic carbocycles. The molecule has 60 heavy (non-hydrogen) atoms. The first kappa shape index (κ1) is 37.2. The van der Waals surface area contributed by atoms with Crippen LogP contribution in [0.5, 0.6) is 23.0 Å². The summed E-state index contributed by atoms with van der Waals surface area (Å²) in [7, 11) is 1.59. The molecule has 2 amide bonds. The number of para-hydroxylation sites is 4. The molecule has 0 unspecified atom stereocenters. The Balaban J connectivity index is 1.15. The highest BCUT2D eigenvalue weighted by Gasteiger charge is 2.35. The molecule has 10 heteroatoms. The topological polar surface area (TPSA) is 110 Å². The highest BCUT2D eigenvalue weighted by Crippen LogP contribution is 2.44. The third-order valence-corrected chi connectivity index (χ3v) is 9.92. The summed E-state index contributed by atoms with van der Waals surface area (Å²) in [6, 6.07) is 54.3. The molecule has 0 fully saturated rings. The fourth-order valence-electron chi connectivity index (χ4n) is 7.14. The molecule has 292 valence electrons. The van der Waals surface area contributed by atoms with E-state index in [0.29, 0.717) is 34.1 Å². The maximum absolute atomic E-state index is 14.6. The number of anilines is 4. The Morgan fingerprint density at radius 1 is 0.583 bits per heavy atom. The van der Waals surface area contributed by atoms with Crippen molar-refractivity contribution in [1.82, 2.24) is 4.98 Å². The SMILES string of the molecule is COc1ccc2[nH]c(-c3ccccc3)c(C=C3Oc4cc(OC(=O)N(c5ccccc5)c5ccccc5)cc(OC(=O)N(c5ccccc5)c5ccccc5)c4C3=O)c2c1. The minimum Gasteiger partial charge on any atom is -0.497 e. The van der Waals surface area contributed by atoms with Crippen molar-refractivity contribution in [2.75, 3.05) is 16.9 Å². The molecule has 1 aliphatic heterocycles. The Hall–Kier alpha value is -8.37. The second-order valence-electron chi connectivity index (χ2n) is 13.7. The molecule has 0 spiro atoms. The van der Waals surface area contributed by atoms with Gasteiger partial charge in [-0.05, 0) is 78.4 Å². The van der Waals surface area contributed by atoms with Gasteiger partial charge in [0.2, 0.25) is 5.78 Å². The van der Waals surface area contributed by atoms with Crippen LogP contribution in [-0.2, 0) is 0 Å². The Morgan fingerprint density at radius 2 is 1.08 bits per heavy atom. The van der Waals surface area contributed by atoms with Gasteiger partial charge in [-0.3, -0.25) is 4.79 Å². The van der Waals surface area contributed by atoms with E-state index in [1.165, 1.54) is 21.9 Å². The van der Waals surface area contributed by atoms with E-state index in [4.69, 9.17) is 18.9 Å². The lowest BCUT2D eigenvalue weighted by Crippen LogP contribution is -2.30. The molecule has 1 N–H and O–H groups in total. The van der Waals surface area contributed by atoms with Crippen molar-refractivity contribution in [1.29, 1.82) is 0 Å². The Morgan fingerprint density at radius 3 is 1.60 bits per heavy atom. The number of fused-ring (bicyclic) bond motifs is 2. The molecule has 1 aliphatic rings. The number of aromatic nitrogens is 1. The minimum absolute atomic E-state index is 0.0165. The number of aromatic amines is 1. The number of rotatable bonds is 9. The number of ether oxygens (including phenoxy) is 4. The van der Waals surface area contributed by atoms with E-state index in [1.54, 1.807) is 86.0 Å². The molecule has 0 saturated carbocycles. The van der Waals surface area contributed by atoms with E-state index < -0.39 is 18.0 Å². The number of methoxy groups -OCH3 is 1. The highest BCUT2D eigenvalue weighted by molar-refractivity contribution is 6.18. The number of carbonyl (C=O) groups excluding carboxylic acids is 3. The lowest BCUT2D eigenvalue weighted by molar-refractivity contribution is 0.101. The van der Waals surface area contributed by atoms with Gasteiger partial charge in [-0.2, -0.15) is 0 Å². The van der Waals surface area contributed by atoms with Gasteiger partial charge in [-0.25, -0.2) is 19.4 Å². The molecule has 9 rings (SSSR count). The maximum Gasteiger partial charge on any atom is 0.424 e. The molecular weight excluding hydrogens is 755 g/mol. The summed E-state index contributed by atoms with van der Waals surface area (Å²) in [4.78, 5) is 49.4. The monoisotopic (exact) mass is 789 g/mol. The van der Waals surface area contributed by atoms with Crippen molar-refractivity contribution in [3.05, 3.63) is 199 Å². The second kappa shape index (κ2) is 16.2. The third kappa shape index (κ3) is 7.32. The lowest BCUT2D eigenvalue weighted by atomic mass is 10.0. The highest BCUT2D eigenvalue weighted by atomic mass is 16.6. The molecule has 2 heterocycles. The van der Waals surface area contributed by atoms with Crippen molar-refractivity contribution >= 4 is 57.7 Å². The first-order valence-corrected chi connectivity index (χ1v) is 19.1. The number of nitrogens with zero attached hydrogens (tertiary/aromatic N) is 2. The zero-order chi connectivity index (χ0) is 41.0. The first-order chi connectivity index (χ1) is 29.4. The van der Waals surface area contributed by atoms with Gasteiger partial charge in [-0.15, -0.1) is 0 Å². The first-order valence-electron chi connectivity index (χ1n) is 19.1. The number of carbonyl (C=O) groups is 3. The van der Waals surface area contributed by atoms with Crippen molar-refractivity contribution in [2.24, 2.45) is 0 Å². The molecule has 7 aromatic carbocycles. The Bertz CT molecular complexity index is 2800. The van der Waals surface area contributed by atoms with Gasteiger partial charge in [0.15, 0.2) is 11.5 Å². The average Bonchev–Trinajstić information content (AvgIpc) is 3.81. The predicted molar refractivity (Wildman–Crippen MR) is 232 cm³/mol. The standard InChI is InChI=1S/C50H35N3O7/c1-57-38-27-28-42-40(29-38)41(47(51-42)33-17-7-2-8-18-33)32-45-48(54)46-43(59-45)30-39(58-49(55)52(34-19-9-3-10-20-34)35-21-11-4-12-22-35)31-44(46)60-50(56)53(36-23-13-5-14-24-36)37-25-15-6-16-26-37/h2-32,51H,1H3. The van der Waals surface area contributed by atoms with Crippen LogP contribution in [0, 0.1) is 0 Å². The third-order valence-electron chi connectivity index (χ3n) is 9.92. The number of allylic oxidation sites excluding steroid dienone is 1. The molecule has 8 aromatic rings. The number of Topliss-reactive ketones (excluding diaryl/α,β-unsaturated/α-hetero) is 1. The minimum atomic E-state index is -0.811. The number of hydrogen-bond acceptors (Lipinski definition) is 7. The van der Waals surface area contributed by atoms with E-state index >= 15 is 0 Å². The smallest absolute Gasteiger partial charge is 0.424 e. The summed E-state index contributed by atoms with van der Waals surface area (Å²) in [6.07, 6.45) is 0.0984. The van der Waals surface area contributed by atoms with E-state index in [2.05, 4.69) is 4.98 Å². The molecule has 10 nitrogen and oxygen atoms in total. The second-order valence-corrected chi connectivity index (χ2v) is 13.7. The van der Waals surface area contributed by atoms with Crippen LogP contribution in [0.1, 0.15) is 15.9 Å². The van der Waals surface area contributed by atoms with Crippen LogP contribution in [0.3, 0.4) is 0 Å². The van der Waals surface area contributed by atoms with Gasteiger partial charge in [-0.1, -0.05) is 103 Å². The van der Waals surface area contributed by atoms with Gasteiger partial charge in [0.1, 0.15) is 22.8 Å². The summed E-state index contributed by atoms with van der Waals surface area (Å²) in [5, 5.41) is 0.789. The van der Waals surface area contributed by atoms with Crippen LogP contribution in [0.4, 0.5) is 32.3 Å². The van der Waals surface area contributed by atoms with Crippen LogP contribution in [-0.4, -0.2) is 30.1 Å². The molecule has 0 radical (unpaired) electrons. The van der Waals surface area contributed by atoms with Crippen LogP contribution in [0.25, 0.3) is 28.2 Å². The van der Waals surface area contributed by atoms with E-state index in [9.17, 15) is 14.4 Å². The largest absolute Gasteiger partial charge is 0.497 e. The zero-order valence-corrected chi connectivity index (χ0v) is 32.2. The number of H-pyrrole nitrogens is 1. The number of hydrogen-bond donors (Lipinski definition) is 1. The molecule has 1 aromatic heterocycles. The van der Waals surface area contributed by atoms with Crippen molar-refractivity contribution in [3.63, 3.8) is 0 Å². The quantitative estimate of drug-likeness (QED) is 0.145. The predicted octanol–water partition coefficient (Wildman–Crippen LogP) is 12.1. The fourth-order valence-corrected chi connectivity index (χ4v) is 7.14. The number of ketones is 1. The molecule has 0 saturated heterocycles. The van der Waals surface area contributed by atoms with Crippen LogP contribution in [0.15, 0.2) is 188 Å². The van der Waals surface area contributed by atoms with Gasteiger partial charge in [0.05, 0.1) is 35.6 Å². The Kier molecular flexibility index (Phi) is 10.1. The lowest BCUT2D eigenvalue weighted by Gasteiger charge is -2.23. The van der Waals surface area contributed by atoms with E-state index in [0.717, 1.165) is 22.2 Å². The van der Waals surface area contributed by atoms with Crippen LogP contribution >= 0.6 is 0 Å². The van der Waals surface area contributed by atoms with Gasteiger partial charge in [0, 0.05) is 28.6 Å². The molecule has 0 bridgehead atoms. The summed E-state index contributed by atoms with van der Waals surface area (Å²) >= 11 is 0. The van der Waals surface area contributed by atoms with Crippen molar-refractivity contribution < 1.29 is 33.3 Å². The Labute approximate surface area is 345 Å². The fraction of sp³-hybridized carbons (Fsp3) is 0.0200. The zero-order valence-electron chi connectivity index (χ0n) is 32.2. The number of benzene rings is 7. The molecule has 0 atom stereocenters. The van der Waals surface area contributed by atoms with Crippen molar-refractivity contribution in [3.8, 4) is 34.3 Å². The average molecular weight is 790 g/mol. The van der Waals surface area contributed by atoms with Crippen molar-refractivity contribution in [2.45, 2.75) is 0 Å².